The Hall–Kier alpha value is -1.60. The molecule has 0 fully saturated rings. The van der Waals surface area contributed by atoms with E-state index in [9.17, 15) is 13.2 Å². The summed E-state index contributed by atoms with van der Waals surface area (Å²) in [7, 11) is -0.741. The fraction of sp³-hybridized carbons (Fsp3) is 0.235. The summed E-state index contributed by atoms with van der Waals surface area (Å²) in [6.45, 7) is 0.180. The number of nitrogens with zero attached hydrogens (tertiary/aromatic N) is 1. The number of hydrogen-bond acceptors (Lipinski definition) is 4. The van der Waals surface area contributed by atoms with Crippen LogP contribution >= 0.6 is 23.2 Å². The topological polar surface area (TPSA) is 63.7 Å². The molecule has 0 saturated heterocycles. The first kappa shape index (κ1) is 19.7. The van der Waals surface area contributed by atoms with Gasteiger partial charge >= 0.3 is 5.97 Å². The number of rotatable bonds is 6. The van der Waals surface area contributed by atoms with Crippen LogP contribution in [0.1, 0.15) is 21.5 Å². The number of methoxy groups -OCH3 is 1. The number of halogens is 2. The molecule has 0 aliphatic rings. The predicted molar refractivity (Wildman–Crippen MR) is 98.3 cm³/mol. The Morgan fingerprint density at radius 1 is 1.04 bits per heavy atom. The minimum Gasteiger partial charge on any atom is -0.465 e. The third-order valence-electron chi connectivity index (χ3n) is 3.59. The molecular formula is C17H17Cl2NO4S. The lowest BCUT2D eigenvalue weighted by Crippen LogP contribution is -2.27. The third-order valence-corrected chi connectivity index (χ3v) is 6.10. The molecule has 0 spiro atoms. The van der Waals surface area contributed by atoms with Crippen molar-refractivity contribution in [1.29, 1.82) is 0 Å². The van der Waals surface area contributed by atoms with Gasteiger partial charge in [0.15, 0.2) is 0 Å². The van der Waals surface area contributed by atoms with E-state index in [4.69, 9.17) is 23.2 Å². The van der Waals surface area contributed by atoms with Gasteiger partial charge in [-0.05, 0) is 35.4 Å². The zero-order valence-corrected chi connectivity index (χ0v) is 16.0. The lowest BCUT2D eigenvalue weighted by atomic mass is 10.1. The fourth-order valence-corrected chi connectivity index (χ4v) is 3.67. The number of benzene rings is 2. The van der Waals surface area contributed by atoms with Gasteiger partial charge in [0.1, 0.15) is 0 Å². The molecule has 25 heavy (non-hydrogen) atoms. The van der Waals surface area contributed by atoms with E-state index in [0.717, 1.165) is 5.56 Å². The average Bonchev–Trinajstić information content (AvgIpc) is 2.57. The Morgan fingerprint density at radius 3 is 2.20 bits per heavy atom. The van der Waals surface area contributed by atoms with Gasteiger partial charge in [-0.1, -0.05) is 41.4 Å². The van der Waals surface area contributed by atoms with E-state index in [0.29, 0.717) is 21.2 Å². The summed E-state index contributed by atoms with van der Waals surface area (Å²) in [6, 6.07) is 11.3. The van der Waals surface area contributed by atoms with Crippen molar-refractivity contribution in [2.75, 3.05) is 14.2 Å². The molecule has 0 saturated carbocycles. The molecule has 5 nitrogen and oxygen atoms in total. The van der Waals surface area contributed by atoms with E-state index in [-0.39, 0.29) is 12.3 Å². The maximum Gasteiger partial charge on any atom is 0.337 e. The largest absolute Gasteiger partial charge is 0.465 e. The predicted octanol–water partition coefficient (Wildman–Crippen LogP) is 3.74. The van der Waals surface area contributed by atoms with E-state index in [1.54, 1.807) is 30.3 Å². The smallest absolute Gasteiger partial charge is 0.337 e. The molecule has 0 heterocycles. The van der Waals surface area contributed by atoms with Crippen LogP contribution in [0.25, 0.3) is 0 Å². The number of sulfonamides is 1. The highest BCUT2D eigenvalue weighted by Crippen LogP contribution is 2.24. The first-order valence-electron chi connectivity index (χ1n) is 7.28. The Kier molecular flexibility index (Phi) is 6.46. The van der Waals surface area contributed by atoms with Crippen LogP contribution in [0.5, 0.6) is 0 Å². The van der Waals surface area contributed by atoms with Crippen molar-refractivity contribution in [1.82, 2.24) is 4.31 Å². The first-order valence-corrected chi connectivity index (χ1v) is 9.64. The van der Waals surface area contributed by atoms with Crippen LogP contribution < -0.4 is 0 Å². The second-order valence-corrected chi connectivity index (χ2v) is 8.34. The molecule has 0 aliphatic carbocycles. The zero-order valence-electron chi connectivity index (χ0n) is 13.7. The van der Waals surface area contributed by atoms with Crippen molar-refractivity contribution in [3.8, 4) is 0 Å². The minimum absolute atomic E-state index is 0.174. The standard InChI is InChI=1S/C17H17Cl2NO4S/c1-20(10-13-5-8-15(18)16(19)9-13)25(22,23)11-12-3-6-14(7-4-12)17(21)24-2/h3-9H,10-11H2,1-2H3. The quantitative estimate of drug-likeness (QED) is 0.691. The van der Waals surface area contributed by atoms with Crippen molar-refractivity contribution in [2.24, 2.45) is 0 Å². The van der Waals surface area contributed by atoms with E-state index in [1.807, 2.05) is 0 Å². The van der Waals surface area contributed by atoms with Crippen LogP contribution in [-0.2, 0) is 27.1 Å². The van der Waals surface area contributed by atoms with Gasteiger partial charge in [0.2, 0.25) is 10.0 Å². The van der Waals surface area contributed by atoms with Crippen LogP contribution in [0.15, 0.2) is 42.5 Å². The van der Waals surface area contributed by atoms with Gasteiger partial charge in [-0.3, -0.25) is 0 Å². The highest BCUT2D eigenvalue weighted by atomic mass is 35.5. The van der Waals surface area contributed by atoms with Crippen molar-refractivity contribution in [2.45, 2.75) is 12.3 Å². The molecule has 0 amide bonds. The Balaban J connectivity index is 2.09. The summed E-state index contributed by atoms with van der Waals surface area (Å²) in [4.78, 5) is 11.4. The molecule has 0 bridgehead atoms. The van der Waals surface area contributed by atoms with Crippen molar-refractivity contribution in [3.63, 3.8) is 0 Å². The Bertz CT molecular complexity index is 867. The number of hydrogen-bond donors (Lipinski definition) is 0. The molecule has 8 heteroatoms. The summed E-state index contributed by atoms with van der Waals surface area (Å²) in [5.74, 6) is -0.641. The van der Waals surface area contributed by atoms with Gasteiger partial charge < -0.3 is 4.74 Å². The molecule has 0 aromatic heterocycles. The molecule has 2 aromatic rings. The molecule has 134 valence electrons. The second-order valence-electron chi connectivity index (χ2n) is 5.45. The van der Waals surface area contributed by atoms with Crippen LogP contribution in [0.3, 0.4) is 0 Å². The van der Waals surface area contributed by atoms with Crippen molar-refractivity contribution >= 4 is 39.2 Å². The van der Waals surface area contributed by atoms with Gasteiger partial charge in [-0.2, -0.15) is 0 Å². The number of ether oxygens (including phenoxy) is 1. The molecule has 2 aromatic carbocycles. The van der Waals surface area contributed by atoms with Gasteiger partial charge in [0.05, 0.1) is 28.5 Å². The molecule has 2 rings (SSSR count). The van der Waals surface area contributed by atoms with Gasteiger partial charge in [0.25, 0.3) is 0 Å². The third kappa shape index (κ3) is 5.19. The van der Waals surface area contributed by atoms with Crippen LogP contribution in [0, 0.1) is 0 Å². The fourth-order valence-electron chi connectivity index (χ4n) is 2.17. The van der Waals surface area contributed by atoms with Crippen LogP contribution in [0.4, 0.5) is 0 Å². The van der Waals surface area contributed by atoms with Gasteiger partial charge in [-0.15, -0.1) is 0 Å². The molecule has 0 radical (unpaired) electrons. The van der Waals surface area contributed by atoms with Crippen LogP contribution in [0.2, 0.25) is 10.0 Å². The summed E-state index contributed by atoms with van der Waals surface area (Å²) in [5.41, 5.74) is 1.68. The number of carbonyl (C=O) groups is 1. The van der Waals surface area contributed by atoms with E-state index < -0.39 is 16.0 Å². The van der Waals surface area contributed by atoms with E-state index in [2.05, 4.69) is 4.74 Å². The normalized spacial score (nSPS) is 11.6. The summed E-state index contributed by atoms with van der Waals surface area (Å²) < 4.78 is 30.9. The number of esters is 1. The molecule has 0 unspecified atom stereocenters. The highest BCUT2D eigenvalue weighted by Gasteiger charge is 2.19. The lowest BCUT2D eigenvalue weighted by molar-refractivity contribution is 0.0600. The molecule has 0 aliphatic heterocycles. The summed E-state index contributed by atoms with van der Waals surface area (Å²) in [5, 5.41) is 0.796. The van der Waals surface area contributed by atoms with Crippen LogP contribution in [-0.4, -0.2) is 32.8 Å². The highest BCUT2D eigenvalue weighted by molar-refractivity contribution is 7.88. The molecule has 0 N–H and O–H groups in total. The summed E-state index contributed by atoms with van der Waals surface area (Å²) >= 11 is 11.8. The first-order chi connectivity index (χ1) is 11.7. The molecular weight excluding hydrogens is 385 g/mol. The SMILES string of the molecule is COC(=O)c1ccc(CS(=O)(=O)N(C)Cc2ccc(Cl)c(Cl)c2)cc1. The maximum atomic E-state index is 12.5. The monoisotopic (exact) mass is 401 g/mol. The minimum atomic E-state index is -3.53. The number of carbonyl (C=O) groups excluding carboxylic acids is 1. The van der Waals surface area contributed by atoms with Gasteiger partial charge in [-0.25, -0.2) is 17.5 Å². The molecule has 0 atom stereocenters. The Labute approximate surface area is 157 Å². The summed E-state index contributed by atoms with van der Waals surface area (Å²) in [6.07, 6.45) is 0. The second kappa shape index (κ2) is 8.19. The lowest BCUT2D eigenvalue weighted by Gasteiger charge is -2.17. The van der Waals surface area contributed by atoms with E-state index in [1.165, 1.54) is 30.6 Å². The van der Waals surface area contributed by atoms with Crippen molar-refractivity contribution in [3.05, 3.63) is 69.2 Å². The average molecular weight is 402 g/mol. The Morgan fingerprint density at radius 2 is 1.64 bits per heavy atom. The van der Waals surface area contributed by atoms with Crippen molar-refractivity contribution < 1.29 is 17.9 Å². The van der Waals surface area contributed by atoms with E-state index >= 15 is 0 Å². The van der Waals surface area contributed by atoms with Gasteiger partial charge in [0, 0.05) is 13.6 Å². The maximum absolute atomic E-state index is 12.5. The zero-order chi connectivity index (χ0) is 18.6.